The highest BCUT2D eigenvalue weighted by Crippen LogP contribution is 2.16. The molecule has 28 heavy (non-hydrogen) atoms. The normalized spacial score (nSPS) is 13.3. The van der Waals surface area contributed by atoms with Gasteiger partial charge in [0.15, 0.2) is 6.10 Å². The Morgan fingerprint density at radius 2 is 1.79 bits per heavy atom. The van der Waals surface area contributed by atoms with Crippen molar-refractivity contribution in [1.82, 2.24) is 15.2 Å². The SMILES string of the molecule is CC(C)CN(CC(O)C(=O)O)C(=O)N[C@@H](Cc1cc2ccccc2[nH]1)C(=O)O. The summed E-state index contributed by atoms with van der Waals surface area (Å²) in [5, 5.41) is 31.3. The Bertz CT molecular complexity index is 814. The maximum absolute atomic E-state index is 12.6. The number of para-hydroxylation sites is 1. The molecule has 1 heterocycles. The summed E-state index contributed by atoms with van der Waals surface area (Å²) < 4.78 is 0. The van der Waals surface area contributed by atoms with E-state index >= 15 is 0 Å². The number of rotatable bonds is 9. The zero-order valence-corrected chi connectivity index (χ0v) is 15.8. The molecule has 1 aromatic carbocycles. The first kappa shape index (κ1) is 21.2. The average Bonchev–Trinajstić information content (AvgIpc) is 3.02. The molecule has 0 aliphatic heterocycles. The van der Waals surface area contributed by atoms with Crippen LogP contribution < -0.4 is 5.32 Å². The van der Waals surface area contributed by atoms with Gasteiger partial charge in [0.05, 0.1) is 6.54 Å². The number of benzene rings is 1. The summed E-state index contributed by atoms with van der Waals surface area (Å²) in [6.45, 7) is 3.39. The van der Waals surface area contributed by atoms with Gasteiger partial charge in [0.2, 0.25) is 0 Å². The van der Waals surface area contributed by atoms with Crippen LogP contribution in [0.1, 0.15) is 19.5 Å². The van der Waals surface area contributed by atoms with Gasteiger partial charge >= 0.3 is 18.0 Å². The zero-order valence-electron chi connectivity index (χ0n) is 15.8. The fourth-order valence-electron chi connectivity index (χ4n) is 2.87. The summed E-state index contributed by atoms with van der Waals surface area (Å²) in [5.74, 6) is -2.66. The molecule has 5 N–H and O–H groups in total. The van der Waals surface area contributed by atoms with Crippen molar-refractivity contribution in [3.63, 3.8) is 0 Å². The molecule has 0 spiro atoms. The second-order valence-electron chi connectivity index (χ2n) is 7.08. The molecule has 152 valence electrons. The van der Waals surface area contributed by atoms with Crippen molar-refractivity contribution >= 4 is 28.9 Å². The van der Waals surface area contributed by atoms with Gasteiger partial charge in [-0.1, -0.05) is 32.0 Å². The summed E-state index contributed by atoms with van der Waals surface area (Å²) in [6.07, 6.45) is -1.71. The van der Waals surface area contributed by atoms with Gasteiger partial charge in [-0.25, -0.2) is 14.4 Å². The molecule has 0 saturated carbocycles. The predicted octanol–water partition coefficient (Wildman–Crippen LogP) is 1.28. The molecule has 1 aromatic heterocycles. The topological polar surface area (TPSA) is 143 Å². The number of carbonyl (C=O) groups excluding carboxylic acids is 1. The Balaban J connectivity index is 2.12. The quantitative estimate of drug-likeness (QED) is 0.436. The van der Waals surface area contributed by atoms with Crippen molar-refractivity contribution < 1.29 is 29.7 Å². The summed E-state index contributed by atoms with van der Waals surface area (Å²) in [6, 6.07) is 7.35. The highest BCUT2D eigenvalue weighted by molar-refractivity contribution is 5.84. The van der Waals surface area contributed by atoms with Crippen LogP contribution in [0.3, 0.4) is 0 Å². The lowest BCUT2D eigenvalue weighted by Crippen LogP contribution is -2.52. The minimum atomic E-state index is -1.75. The number of amides is 2. The van der Waals surface area contributed by atoms with Crippen molar-refractivity contribution in [1.29, 1.82) is 0 Å². The summed E-state index contributed by atoms with van der Waals surface area (Å²) in [4.78, 5) is 39.3. The molecule has 0 aliphatic rings. The van der Waals surface area contributed by atoms with Crippen molar-refractivity contribution in [2.24, 2.45) is 5.92 Å². The Morgan fingerprint density at radius 1 is 1.11 bits per heavy atom. The maximum Gasteiger partial charge on any atom is 0.334 e. The van der Waals surface area contributed by atoms with Gasteiger partial charge in [0, 0.05) is 24.2 Å². The molecule has 2 aromatic rings. The molecule has 9 heteroatoms. The van der Waals surface area contributed by atoms with E-state index in [1.54, 1.807) is 0 Å². The Hall–Kier alpha value is -3.07. The van der Waals surface area contributed by atoms with Crippen LogP contribution in [0.4, 0.5) is 4.79 Å². The number of aliphatic hydroxyl groups excluding tert-OH is 1. The Morgan fingerprint density at radius 3 is 2.36 bits per heavy atom. The van der Waals surface area contributed by atoms with Crippen LogP contribution in [-0.4, -0.2) is 68.4 Å². The fourth-order valence-corrected chi connectivity index (χ4v) is 2.87. The molecule has 1 unspecified atom stereocenters. The van der Waals surface area contributed by atoms with Gasteiger partial charge in [-0.3, -0.25) is 0 Å². The molecule has 2 rings (SSSR count). The average molecular weight is 391 g/mol. The van der Waals surface area contributed by atoms with E-state index in [2.05, 4.69) is 10.3 Å². The van der Waals surface area contributed by atoms with E-state index in [9.17, 15) is 24.6 Å². The number of carbonyl (C=O) groups is 3. The molecule has 0 aliphatic carbocycles. The van der Waals surface area contributed by atoms with E-state index in [1.165, 1.54) is 0 Å². The van der Waals surface area contributed by atoms with Gasteiger partial charge in [0.1, 0.15) is 6.04 Å². The van der Waals surface area contributed by atoms with Crippen LogP contribution in [0.2, 0.25) is 0 Å². The molecule has 0 bridgehead atoms. The Labute approximate surface area is 162 Å². The van der Waals surface area contributed by atoms with Crippen LogP contribution in [0.15, 0.2) is 30.3 Å². The first-order chi connectivity index (χ1) is 13.2. The highest BCUT2D eigenvalue weighted by Gasteiger charge is 2.27. The molecule has 9 nitrogen and oxygen atoms in total. The lowest BCUT2D eigenvalue weighted by Gasteiger charge is -2.27. The Kier molecular flexibility index (Phi) is 7.00. The number of hydrogen-bond acceptors (Lipinski definition) is 4. The third kappa shape index (κ3) is 5.71. The lowest BCUT2D eigenvalue weighted by atomic mass is 10.1. The lowest BCUT2D eigenvalue weighted by molar-refractivity contribution is -0.147. The zero-order chi connectivity index (χ0) is 20.8. The number of urea groups is 1. The van der Waals surface area contributed by atoms with Crippen molar-refractivity contribution in [3.05, 3.63) is 36.0 Å². The number of fused-ring (bicyclic) bond motifs is 1. The summed E-state index contributed by atoms with van der Waals surface area (Å²) >= 11 is 0. The second-order valence-corrected chi connectivity index (χ2v) is 7.08. The first-order valence-corrected chi connectivity index (χ1v) is 8.93. The monoisotopic (exact) mass is 391 g/mol. The number of aliphatic carboxylic acids is 2. The molecule has 0 radical (unpaired) electrons. The number of H-pyrrole nitrogens is 1. The highest BCUT2D eigenvalue weighted by atomic mass is 16.4. The van der Waals surface area contributed by atoms with Gasteiger partial charge in [-0.05, 0) is 23.4 Å². The van der Waals surface area contributed by atoms with E-state index in [4.69, 9.17) is 5.11 Å². The third-order valence-corrected chi connectivity index (χ3v) is 4.16. The molecular weight excluding hydrogens is 366 g/mol. The minimum absolute atomic E-state index is 0.00345. The van der Waals surface area contributed by atoms with Gasteiger partial charge in [-0.15, -0.1) is 0 Å². The fraction of sp³-hybridized carbons (Fsp3) is 0.421. The minimum Gasteiger partial charge on any atom is -0.480 e. The molecule has 2 amide bonds. The van der Waals surface area contributed by atoms with E-state index in [0.717, 1.165) is 15.8 Å². The largest absolute Gasteiger partial charge is 0.480 e. The van der Waals surface area contributed by atoms with Crippen LogP contribution in [-0.2, 0) is 16.0 Å². The predicted molar refractivity (Wildman–Crippen MR) is 102 cm³/mol. The third-order valence-electron chi connectivity index (χ3n) is 4.16. The molecule has 0 saturated heterocycles. The number of carboxylic acids is 2. The number of aromatic nitrogens is 1. The van der Waals surface area contributed by atoms with E-state index in [1.807, 2.05) is 44.2 Å². The number of aromatic amines is 1. The standard InChI is InChI=1S/C19H25N3O6/c1-11(2)9-22(10-16(23)18(26)27)19(28)21-15(17(24)25)8-13-7-12-5-3-4-6-14(12)20-13/h3-7,11,15-16,20,23H,8-10H2,1-2H3,(H,21,28)(H,24,25)(H,26,27)/t15-,16?/m0/s1. The summed E-state index contributed by atoms with van der Waals surface area (Å²) in [5.41, 5.74) is 1.51. The number of nitrogens with one attached hydrogen (secondary N) is 2. The van der Waals surface area contributed by atoms with Crippen molar-refractivity contribution in [2.75, 3.05) is 13.1 Å². The van der Waals surface area contributed by atoms with Crippen LogP contribution in [0, 0.1) is 5.92 Å². The molecule has 2 atom stereocenters. The smallest absolute Gasteiger partial charge is 0.334 e. The summed E-state index contributed by atoms with van der Waals surface area (Å²) in [7, 11) is 0. The van der Waals surface area contributed by atoms with Crippen LogP contribution >= 0.6 is 0 Å². The number of carboxylic acid groups (broad SMARTS) is 2. The number of aliphatic hydroxyl groups is 1. The van der Waals surface area contributed by atoms with Gasteiger partial charge in [-0.2, -0.15) is 0 Å². The maximum atomic E-state index is 12.6. The second kappa shape index (κ2) is 9.23. The molecule has 0 fully saturated rings. The molecular formula is C19H25N3O6. The van der Waals surface area contributed by atoms with E-state index < -0.39 is 36.7 Å². The van der Waals surface area contributed by atoms with E-state index in [0.29, 0.717) is 5.69 Å². The number of hydrogen-bond donors (Lipinski definition) is 5. The first-order valence-electron chi connectivity index (χ1n) is 8.93. The number of nitrogens with zero attached hydrogens (tertiary/aromatic N) is 1. The van der Waals surface area contributed by atoms with E-state index in [-0.39, 0.29) is 18.9 Å². The van der Waals surface area contributed by atoms with Crippen LogP contribution in [0.25, 0.3) is 10.9 Å². The van der Waals surface area contributed by atoms with Crippen molar-refractivity contribution in [3.8, 4) is 0 Å². The van der Waals surface area contributed by atoms with Crippen molar-refractivity contribution in [2.45, 2.75) is 32.4 Å². The van der Waals surface area contributed by atoms with Gasteiger partial charge < -0.3 is 30.5 Å². The van der Waals surface area contributed by atoms with Crippen LogP contribution in [0.5, 0.6) is 0 Å². The van der Waals surface area contributed by atoms with Gasteiger partial charge in [0.25, 0.3) is 0 Å².